The Bertz CT molecular complexity index is 806. The van der Waals surface area contributed by atoms with Crippen LogP contribution in [0.5, 0.6) is 0 Å². The number of halogens is 1. The van der Waals surface area contributed by atoms with Crippen LogP contribution in [-0.2, 0) is 6.42 Å². The van der Waals surface area contributed by atoms with Crippen molar-refractivity contribution in [3.05, 3.63) is 88.9 Å². The Kier molecular flexibility index (Phi) is 5.73. The minimum absolute atomic E-state index is 0.762. The summed E-state index contributed by atoms with van der Waals surface area (Å²) < 4.78 is 0. The second kappa shape index (κ2) is 8.18. The largest absolute Gasteiger partial charge is 0.256 e. The zero-order valence-electron chi connectivity index (χ0n) is 13.4. The smallest absolute Gasteiger partial charge is 0.0630 e. The number of aliphatic imine (C=N–C) groups is 1. The second-order valence-electron chi connectivity index (χ2n) is 5.40. The highest BCUT2D eigenvalue weighted by molar-refractivity contribution is 7.99. The summed E-state index contributed by atoms with van der Waals surface area (Å²) in [6.07, 6.45) is 2.95. The van der Waals surface area contributed by atoms with Gasteiger partial charge in [-0.2, -0.15) is 0 Å². The zero-order chi connectivity index (χ0) is 16.8. The van der Waals surface area contributed by atoms with Crippen molar-refractivity contribution in [3.63, 3.8) is 0 Å². The van der Waals surface area contributed by atoms with Crippen LogP contribution in [0.2, 0.25) is 5.02 Å². The first-order valence-electron chi connectivity index (χ1n) is 7.89. The highest BCUT2D eigenvalue weighted by atomic mass is 35.5. The maximum Gasteiger partial charge on any atom is 0.0630 e. The van der Waals surface area contributed by atoms with E-state index in [-0.39, 0.29) is 0 Å². The Hall–Kier alpha value is -2.03. The lowest BCUT2D eigenvalue weighted by atomic mass is 10.1. The molecular weight excluding hydrogens is 334 g/mol. The topological polar surface area (TPSA) is 12.4 Å². The van der Waals surface area contributed by atoms with Gasteiger partial charge in [-0.1, -0.05) is 54.6 Å². The van der Waals surface area contributed by atoms with Gasteiger partial charge < -0.3 is 0 Å². The Balaban J connectivity index is 1.65. The number of nitrogens with zero attached hydrogens (tertiary/aromatic N) is 1. The molecule has 3 heteroatoms. The summed E-state index contributed by atoms with van der Waals surface area (Å²) in [7, 11) is 0. The SMILES string of the molecule is CCc1ccc(N=Cc2ccc(Sc3ccc(Cl)cc3)cc2)cc1. The molecule has 0 unspecified atom stereocenters. The average Bonchev–Trinajstić information content (AvgIpc) is 2.63. The molecule has 0 amide bonds. The molecule has 0 atom stereocenters. The van der Waals surface area contributed by atoms with E-state index in [4.69, 9.17) is 11.6 Å². The highest BCUT2D eigenvalue weighted by Crippen LogP contribution is 2.28. The number of benzene rings is 3. The van der Waals surface area contributed by atoms with Gasteiger partial charge in [0.05, 0.1) is 5.69 Å². The van der Waals surface area contributed by atoms with Crippen molar-refractivity contribution in [2.75, 3.05) is 0 Å². The Morgan fingerprint density at radius 1 is 0.833 bits per heavy atom. The predicted molar refractivity (Wildman–Crippen MR) is 105 cm³/mol. The van der Waals surface area contributed by atoms with Gasteiger partial charge in [-0.25, -0.2) is 0 Å². The average molecular weight is 352 g/mol. The first-order chi connectivity index (χ1) is 11.7. The summed E-state index contributed by atoms with van der Waals surface area (Å²) in [6, 6.07) is 24.6. The molecule has 0 bridgehead atoms. The van der Waals surface area contributed by atoms with Crippen LogP contribution in [0.1, 0.15) is 18.1 Å². The van der Waals surface area contributed by atoms with Crippen LogP contribution < -0.4 is 0 Å². The number of hydrogen-bond donors (Lipinski definition) is 0. The minimum Gasteiger partial charge on any atom is -0.256 e. The first-order valence-corrected chi connectivity index (χ1v) is 9.09. The molecule has 0 radical (unpaired) electrons. The first kappa shape index (κ1) is 16.8. The fourth-order valence-electron chi connectivity index (χ4n) is 2.23. The highest BCUT2D eigenvalue weighted by Gasteiger charge is 1.98. The van der Waals surface area contributed by atoms with E-state index in [9.17, 15) is 0 Å². The molecule has 0 spiro atoms. The van der Waals surface area contributed by atoms with E-state index in [1.807, 2.05) is 30.5 Å². The molecule has 0 aliphatic rings. The summed E-state index contributed by atoms with van der Waals surface area (Å²) in [5.74, 6) is 0. The van der Waals surface area contributed by atoms with Gasteiger partial charge in [0.2, 0.25) is 0 Å². The fraction of sp³-hybridized carbons (Fsp3) is 0.0952. The Morgan fingerprint density at radius 3 is 2.00 bits per heavy atom. The van der Waals surface area contributed by atoms with E-state index < -0.39 is 0 Å². The third kappa shape index (κ3) is 4.73. The van der Waals surface area contributed by atoms with Crippen LogP contribution in [0, 0.1) is 0 Å². The van der Waals surface area contributed by atoms with Crippen molar-refractivity contribution in [1.82, 2.24) is 0 Å². The zero-order valence-corrected chi connectivity index (χ0v) is 15.0. The lowest BCUT2D eigenvalue weighted by Crippen LogP contribution is -1.81. The van der Waals surface area contributed by atoms with E-state index in [2.05, 4.69) is 60.4 Å². The number of hydrogen-bond acceptors (Lipinski definition) is 2. The van der Waals surface area contributed by atoms with E-state index in [0.29, 0.717) is 0 Å². The molecule has 0 aliphatic heterocycles. The van der Waals surface area contributed by atoms with Crippen molar-refractivity contribution in [3.8, 4) is 0 Å². The van der Waals surface area contributed by atoms with E-state index >= 15 is 0 Å². The van der Waals surface area contributed by atoms with Gasteiger partial charge in [0.25, 0.3) is 0 Å². The minimum atomic E-state index is 0.762. The van der Waals surface area contributed by atoms with Crippen LogP contribution >= 0.6 is 23.4 Å². The van der Waals surface area contributed by atoms with Crippen molar-refractivity contribution in [1.29, 1.82) is 0 Å². The molecule has 3 rings (SSSR count). The fourth-order valence-corrected chi connectivity index (χ4v) is 3.17. The van der Waals surface area contributed by atoms with Gasteiger partial charge in [0, 0.05) is 21.0 Å². The molecule has 1 nitrogen and oxygen atoms in total. The van der Waals surface area contributed by atoms with Crippen molar-refractivity contribution in [2.24, 2.45) is 4.99 Å². The van der Waals surface area contributed by atoms with Crippen molar-refractivity contribution < 1.29 is 0 Å². The maximum atomic E-state index is 5.91. The molecule has 0 saturated carbocycles. The van der Waals surface area contributed by atoms with Gasteiger partial charge in [-0.3, -0.25) is 4.99 Å². The third-order valence-electron chi connectivity index (χ3n) is 3.64. The molecule has 0 heterocycles. The third-order valence-corrected chi connectivity index (χ3v) is 4.90. The van der Waals surface area contributed by atoms with E-state index in [0.717, 1.165) is 22.7 Å². The van der Waals surface area contributed by atoms with Gasteiger partial charge in [-0.15, -0.1) is 0 Å². The predicted octanol–water partition coefficient (Wildman–Crippen LogP) is 6.80. The standard InChI is InChI=1S/C21H18ClNS/c1-2-16-3-9-19(10-4-16)23-15-17-5-11-20(12-6-17)24-21-13-7-18(22)8-14-21/h3-15H,2H2,1H3. The molecule has 120 valence electrons. The molecule has 0 fully saturated rings. The Labute approximate surface area is 152 Å². The van der Waals surface area contributed by atoms with Crippen LogP contribution in [0.3, 0.4) is 0 Å². The van der Waals surface area contributed by atoms with E-state index in [1.165, 1.54) is 15.4 Å². The molecule has 0 N–H and O–H groups in total. The molecule has 3 aromatic rings. The monoisotopic (exact) mass is 351 g/mol. The lowest BCUT2D eigenvalue weighted by molar-refractivity contribution is 1.14. The van der Waals surface area contributed by atoms with Gasteiger partial charge in [0.1, 0.15) is 0 Å². The van der Waals surface area contributed by atoms with Crippen LogP contribution in [0.4, 0.5) is 5.69 Å². The summed E-state index contributed by atoms with van der Waals surface area (Å²) in [5.41, 5.74) is 3.40. The van der Waals surface area contributed by atoms with Crippen LogP contribution in [-0.4, -0.2) is 6.21 Å². The van der Waals surface area contributed by atoms with Crippen molar-refractivity contribution >= 4 is 35.3 Å². The molecule has 0 aliphatic carbocycles. The van der Waals surface area contributed by atoms with Crippen molar-refractivity contribution in [2.45, 2.75) is 23.1 Å². The normalized spacial score (nSPS) is 11.1. The number of aryl methyl sites for hydroxylation is 1. The summed E-state index contributed by atoms with van der Waals surface area (Å²) in [6.45, 7) is 2.15. The number of rotatable bonds is 5. The van der Waals surface area contributed by atoms with Gasteiger partial charge in [-0.05, 0) is 66.1 Å². The van der Waals surface area contributed by atoms with Gasteiger partial charge >= 0.3 is 0 Å². The summed E-state index contributed by atoms with van der Waals surface area (Å²) in [4.78, 5) is 6.90. The lowest BCUT2D eigenvalue weighted by Gasteiger charge is -2.02. The molecule has 0 aromatic heterocycles. The summed E-state index contributed by atoms with van der Waals surface area (Å²) >= 11 is 7.63. The maximum absolute atomic E-state index is 5.91. The molecule has 0 saturated heterocycles. The van der Waals surface area contributed by atoms with E-state index in [1.54, 1.807) is 11.8 Å². The van der Waals surface area contributed by atoms with Gasteiger partial charge in [0.15, 0.2) is 0 Å². The molecular formula is C21H18ClNS. The quantitative estimate of drug-likeness (QED) is 0.460. The second-order valence-corrected chi connectivity index (χ2v) is 6.99. The van der Waals surface area contributed by atoms with Crippen LogP contribution in [0.15, 0.2) is 87.6 Å². The van der Waals surface area contributed by atoms with Crippen LogP contribution in [0.25, 0.3) is 0 Å². The Morgan fingerprint density at radius 2 is 1.42 bits per heavy atom. The molecule has 24 heavy (non-hydrogen) atoms. The summed E-state index contributed by atoms with van der Waals surface area (Å²) in [5, 5.41) is 0.762. The molecule has 3 aromatic carbocycles.